The average molecular weight is 622 g/mol. The third kappa shape index (κ3) is 7.99. The largest absolute Gasteiger partial charge is 0.496 e. The van der Waals surface area contributed by atoms with Crippen LogP contribution in [0.2, 0.25) is 0 Å². The van der Waals surface area contributed by atoms with Gasteiger partial charge in [0.15, 0.2) is 0 Å². The summed E-state index contributed by atoms with van der Waals surface area (Å²) in [5.41, 5.74) is 2.54. The van der Waals surface area contributed by atoms with Crippen LogP contribution in [0.4, 0.5) is 21.0 Å². The summed E-state index contributed by atoms with van der Waals surface area (Å²) in [4.78, 5) is 25.0. The van der Waals surface area contributed by atoms with Gasteiger partial charge in [0.1, 0.15) is 30.5 Å². The predicted molar refractivity (Wildman–Crippen MR) is 168 cm³/mol. The van der Waals surface area contributed by atoms with E-state index in [9.17, 15) is 14.7 Å². The summed E-state index contributed by atoms with van der Waals surface area (Å²) in [6.07, 6.45) is -1.37. The van der Waals surface area contributed by atoms with E-state index in [1.165, 1.54) is 14.2 Å². The predicted octanol–water partition coefficient (Wildman–Crippen LogP) is 5.00. The molecule has 240 valence electrons. The zero-order chi connectivity index (χ0) is 32.8. The van der Waals surface area contributed by atoms with Gasteiger partial charge in [-0.3, -0.25) is 10.6 Å². The first-order chi connectivity index (χ1) is 21.4. The second kappa shape index (κ2) is 14.1. The number of benzene rings is 3. The molecule has 4 rings (SSSR count). The third-order valence-electron chi connectivity index (χ3n) is 7.79. The van der Waals surface area contributed by atoms with E-state index in [-0.39, 0.29) is 19.8 Å². The van der Waals surface area contributed by atoms with Gasteiger partial charge < -0.3 is 38.1 Å². The third-order valence-corrected chi connectivity index (χ3v) is 7.79. The second-order valence-corrected chi connectivity index (χ2v) is 11.3. The van der Waals surface area contributed by atoms with Crippen LogP contribution < -0.4 is 30.3 Å². The number of nitrogens with one attached hydrogen (secondary N) is 2. The standard InChI is InChI=1S/C32H39BN2O10/c1-31(2)32(3,4)45-33(44-31)23-11-8-21(26(14-23)39-5)18-42-30(38)35-25-13-10-22(28(16-25)41-7)19-43-29(37)34-24-12-9-20(17-36)27(15-24)40-6/h8-16,36H,17-19H2,1-7H3,(H,34,37)(H,35,38). The van der Waals surface area contributed by atoms with Gasteiger partial charge in [-0.25, -0.2) is 9.59 Å². The van der Waals surface area contributed by atoms with Crippen LogP contribution in [0, 0.1) is 0 Å². The topological polar surface area (TPSA) is 143 Å². The van der Waals surface area contributed by atoms with Crippen molar-refractivity contribution in [2.45, 2.75) is 58.7 Å². The Morgan fingerprint density at radius 1 is 0.689 bits per heavy atom. The number of amides is 2. The molecule has 0 aliphatic carbocycles. The SMILES string of the molecule is COc1cc(NC(=O)OCc2ccc(NC(=O)OCc3ccc(B4OC(C)(C)C(C)(C)O4)cc3OC)cc2OC)ccc1CO. The minimum atomic E-state index is -0.693. The van der Waals surface area contributed by atoms with Crippen molar-refractivity contribution in [1.29, 1.82) is 0 Å². The molecule has 0 unspecified atom stereocenters. The number of carbonyl (C=O) groups excluding carboxylic acids is 2. The molecule has 12 nitrogen and oxygen atoms in total. The van der Waals surface area contributed by atoms with Crippen molar-refractivity contribution < 1.29 is 47.7 Å². The number of ether oxygens (including phenoxy) is 5. The quantitative estimate of drug-likeness (QED) is 0.250. The Morgan fingerprint density at radius 2 is 1.11 bits per heavy atom. The van der Waals surface area contributed by atoms with E-state index in [1.807, 2.05) is 39.8 Å². The van der Waals surface area contributed by atoms with Crippen LogP contribution in [0.1, 0.15) is 44.4 Å². The number of hydrogen-bond donors (Lipinski definition) is 3. The minimum absolute atomic E-state index is 0.0363. The zero-order valence-electron chi connectivity index (χ0n) is 26.5. The molecule has 0 saturated carbocycles. The summed E-state index contributed by atoms with van der Waals surface area (Å²) in [7, 11) is 3.94. The fraction of sp³-hybridized carbons (Fsp3) is 0.375. The smallest absolute Gasteiger partial charge is 0.494 e. The lowest BCUT2D eigenvalue weighted by Crippen LogP contribution is -2.41. The summed E-state index contributed by atoms with van der Waals surface area (Å²) in [5, 5.41) is 14.6. The number of rotatable bonds is 11. The summed E-state index contributed by atoms with van der Waals surface area (Å²) in [6, 6.07) is 15.2. The molecule has 0 radical (unpaired) electrons. The molecule has 3 aromatic carbocycles. The van der Waals surface area contributed by atoms with Crippen molar-refractivity contribution in [2.75, 3.05) is 32.0 Å². The number of methoxy groups -OCH3 is 3. The van der Waals surface area contributed by atoms with Crippen LogP contribution in [0.15, 0.2) is 54.6 Å². The van der Waals surface area contributed by atoms with Gasteiger partial charge in [-0.05, 0) is 57.4 Å². The number of aliphatic hydroxyl groups excluding tert-OH is 1. The average Bonchev–Trinajstić information content (AvgIpc) is 3.24. The van der Waals surface area contributed by atoms with Gasteiger partial charge in [0.25, 0.3) is 0 Å². The Balaban J connectivity index is 1.31. The van der Waals surface area contributed by atoms with E-state index in [4.69, 9.17) is 33.0 Å². The molecule has 1 aliphatic rings. The van der Waals surface area contributed by atoms with Crippen molar-refractivity contribution in [3.05, 3.63) is 71.3 Å². The highest BCUT2D eigenvalue weighted by Crippen LogP contribution is 2.37. The molecular weight excluding hydrogens is 583 g/mol. The van der Waals surface area contributed by atoms with Crippen LogP contribution in [-0.2, 0) is 38.6 Å². The maximum atomic E-state index is 12.6. The van der Waals surface area contributed by atoms with Gasteiger partial charge >= 0.3 is 19.3 Å². The Bertz CT molecular complexity index is 1510. The van der Waals surface area contributed by atoms with Crippen LogP contribution >= 0.6 is 0 Å². The van der Waals surface area contributed by atoms with Crippen LogP contribution in [0.25, 0.3) is 0 Å². The van der Waals surface area contributed by atoms with Crippen molar-refractivity contribution in [2.24, 2.45) is 0 Å². The summed E-state index contributed by atoms with van der Waals surface area (Å²) in [6.45, 7) is 7.63. The van der Waals surface area contributed by atoms with Crippen LogP contribution in [0.5, 0.6) is 17.2 Å². The van der Waals surface area contributed by atoms with Crippen molar-refractivity contribution >= 4 is 36.1 Å². The molecule has 3 aromatic rings. The first kappa shape index (κ1) is 33.4. The lowest BCUT2D eigenvalue weighted by Gasteiger charge is -2.32. The first-order valence-electron chi connectivity index (χ1n) is 14.2. The molecular formula is C32H39BN2O10. The maximum absolute atomic E-state index is 12.6. The number of hydrogen-bond acceptors (Lipinski definition) is 10. The highest BCUT2D eigenvalue weighted by molar-refractivity contribution is 6.62. The summed E-state index contributed by atoms with van der Waals surface area (Å²) >= 11 is 0. The molecule has 45 heavy (non-hydrogen) atoms. The van der Waals surface area contributed by atoms with Gasteiger partial charge in [0.2, 0.25) is 0 Å². The Kier molecular flexibility index (Phi) is 10.5. The first-order valence-corrected chi connectivity index (χ1v) is 14.2. The second-order valence-electron chi connectivity index (χ2n) is 11.3. The highest BCUT2D eigenvalue weighted by Gasteiger charge is 2.51. The Hall–Kier alpha value is -4.46. The van der Waals surface area contributed by atoms with Gasteiger partial charge in [0, 0.05) is 40.2 Å². The number of anilines is 2. The number of carbonyl (C=O) groups is 2. The van der Waals surface area contributed by atoms with E-state index in [1.54, 1.807) is 49.6 Å². The molecule has 1 saturated heterocycles. The molecule has 3 N–H and O–H groups in total. The fourth-order valence-corrected chi connectivity index (χ4v) is 4.50. The van der Waals surface area contributed by atoms with Crippen molar-refractivity contribution in [3.8, 4) is 17.2 Å². The normalized spacial score (nSPS) is 14.8. The van der Waals surface area contributed by atoms with E-state index < -0.39 is 30.5 Å². The molecule has 1 heterocycles. The van der Waals surface area contributed by atoms with Gasteiger partial charge in [-0.15, -0.1) is 0 Å². The van der Waals surface area contributed by atoms with E-state index in [0.717, 1.165) is 5.46 Å². The van der Waals surface area contributed by atoms with Crippen molar-refractivity contribution in [3.63, 3.8) is 0 Å². The van der Waals surface area contributed by atoms with Crippen LogP contribution in [0.3, 0.4) is 0 Å². The van der Waals surface area contributed by atoms with E-state index in [0.29, 0.717) is 45.3 Å². The molecule has 1 fully saturated rings. The lowest BCUT2D eigenvalue weighted by molar-refractivity contribution is 0.00578. The molecule has 0 spiro atoms. The molecule has 0 atom stereocenters. The van der Waals surface area contributed by atoms with Crippen molar-refractivity contribution in [1.82, 2.24) is 0 Å². The molecule has 2 amide bonds. The monoisotopic (exact) mass is 622 g/mol. The summed E-state index contributed by atoms with van der Waals surface area (Å²) in [5.74, 6) is 1.37. The highest BCUT2D eigenvalue weighted by atomic mass is 16.7. The zero-order valence-corrected chi connectivity index (χ0v) is 26.5. The van der Waals surface area contributed by atoms with Gasteiger partial charge in [0.05, 0.1) is 39.1 Å². The van der Waals surface area contributed by atoms with E-state index in [2.05, 4.69) is 10.6 Å². The Labute approximate surface area is 263 Å². The molecule has 1 aliphatic heterocycles. The number of aliphatic hydroxyl groups is 1. The molecule has 13 heteroatoms. The van der Waals surface area contributed by atoms with Gasteiger partial charge in [-0.1, -0.05) is 18.2 Å². The molecule has 0 aromatic heterocycles. The minimum Gasteiger partial charge on any atom is -0.496 e. The summed E-state index contributed by atoms with van der Waals surface area (Å²) < 4.78 is 39.2. The maximum Gasteiger partial charge on any atom is 0.494 e. The van der Waals surface area contributed by atoms with Gasteiger partial charge in [-0.2, -0.15) is 0 Å². The van der Waals surface area contributed by atoms with Crippen LogP contribution in [-0.4, -0.2) is 56.9 Å². The lowest BCUT2D eigenvalue weighted by atomic mass is 9.78. The Morgan fingerprint density at radius 3 is 1.58 bits per heavy atom. The fourth-order valence-electron chi connectivity index (χ4n) is 4.50. The van der Waals surface area contributed by atoms with E-state index >= 15 is 0 Å². The molecule has 0 bridgehead atoms.